The number of nitriles is 1. The summed E-state index contributed by atoms with van der Waals surface area (Å²) in [5, 5.41) is 15.6. The van der Waals surface area contributed by atoms with Crippen molar-refractivity contribution in [3.8, 4) is 17.9 Å². The van der Waals surface area contributed by atoms with Crippen molar-refractivity contribution < 1.29 is 0 Å². The van der Waals surface area contributed by atoms with Gasteiger partial charge < -0.3 is 10.6 Å². The molecule has 0 saturated carbocycles. The Morgan fingerprint density at radius 2 is 2.09 bits per heavy atom. The zero-order chi connectivity index (χ0) is 16.7. The van der Waals surface area contributed by atoms with E-state index >= 15 is 0 Å². The van der Waals surface area contributed by atoms with E-state index in [9.17, 15) is 0 Å². The molecule has 0 aromatic carbocycles. The third-order valence-electron chi connectivity index (χ3n) is 3.41. The van der Waals surface area contributed by atoms with Crippen LogP contribution in [-0.4, -0.2) is 54.1 Å². The first-order chi connectivity index (χ1) is 11.0. The van der Waals surface area contributed by atoms with Gasteiger partial charge in [0.1, 0.15) is 11.9 Å². The molecular weight excluding hydrogens is 288 g/mol. The Labute approximate surface area is 138 Å². The van der Waals surface area contributed by atoms with Crippen LogP contribution in [0.25, 0.3) is 0 Å². The quantitative estimate of drug-likeness (QED) is 0.813. The Kier molecular flexibility index (Phi) is 5.92. The number of rotatable bonds is 3. The standard InChI is InChI=1S/C17H24N6/c1-17(2,3)13-21-16-14(12-20-15(11-18)22-16)5-4-8-23-9-6-19-7-10-23/h12,19H,6-10,13H2,1-3H3,(H,20,21,22). The molecule has 2 N–H and O–H groups in total. The Hall–Kier alpha value is -2.15. The second-order valence-electron chi connectivity index (χ2n) is 6.81. The fraction of sp³-hybridized carbons (Fsp3) is 0.588. The molecule has 0 unspecified atom stereocenters. The molecule has 1 fully saturated rings. The average molecular weight is 312 g/mol. The fourth-order valence-electron chi connectivity index (χ4n) is 2.13. The van der Waals surface area contributed by atoms with Crippen LogP contribution >= 0.6 is 0 Å². The second kappa shape index (κ2) is 7.92. The van der Waals surface area contributed by atoms with Crippen molar-refractivity contribution in [2.24, 2.45) is 5.41 Å². The molecule has 6 heteroatoms. The zero-order valence-electron chi connectivity index (χ0n) is 14.1. The molecule has 0 spiro atoms. The second-order valence-corrected chi connectivity index (χ2v) is 6.81. The minimum atomic E-state index is 0.114. The van der Waals surface area contributed by atoms with Gasteiger partial charge in [0.15, 0.2) is 0 Å². The van der Waals surface area contributed by atoms with Crippen molar-refractivity contribution in [2.75, 3.05) is 44.6 Å². The molecule has 0 atom stereocenters. The first kappa shape index (κ1) is 17.2. The summed E-state index contributed by atoms with van der Waals surface area (Å²) < 4.78 is 0. The monoisotopic (exact) mass is 312 g/mol. The fourth-order valence-corrected chi connectivity index (χ4v) is 2.13. The zero-order valence-corrected chi connectivity index (χ0v) is 14.1. The highest BCUT2D eigenvalue weighted by atomic mass is 15.2. The van der Waals surface area contributed by atoms with Crippen LogP contribution in [0.3, 0.4) is 0 Å². The third kappa shape index (κ3) is 5.86. The minimum absolute atomic E-state index is 0.114. The van der Waals surface area contributed by atoms with Gasteiger partial charge >= 0.3 is 0 Å². The molecule has 122 valence electrons. The van der Waals surface area contributed by atoms with Gasteiger partial charge in [-0.05, 0) is 5.41 Å². The highest BCUT2D eigenvalue weighted by Crippen LogP contribution is 2.16. The maximum absolute atomic E-state index is 8.98. The number of nitrogens with one attached hydrogen (secondary N) is 2. The summed E-state index contributed by atoms with van der Waals surface area (Å²) in [6, 6.07) is 1.97. The number of anilines is 1. The maximum Gasteiger partial charge on any atom is 0.234 e. The normalized spacial score (nSPS) is 15.4. The van der Waals surface area contributed by atoms with Gasteiger partial charge in [-0.15, -0.1) is 0 Å². The van der Waals surface area contributed by atoms with E-state index in [1.54, 1.807) is 6.20 Å². The lowest BCUT2D eigenvalue weighted by atomic mass is 9.97. The topological polar surface area (TPSA) is 76.9 Å². The molecule has 0 radical (unpaired) electrons. The first-order valence-corrected chi connectivity index (χ1v) is 7.91. The highest BCUT2D eigenvalue weighted by molar-refractivity contribution is 5.53. The highest BCUT2D eigenvalue weighted by Gasteiger charge is 2.12. The molecule has 0 bridgehead atoms. The van der Waals surface area contributed by atoms with E-state index in [4.69, 9.17) is 5.26 Å². The molecule has 0 aliphatic carbocycles. The van der Waals surface area contributed by atoms with E-state index in [1.807, 2.05) is 6.07 Å². The van der Waals surface area contributed by atoms with Crippen molar-refractivity contribution in [1.29, 1.82) is 5.26 Å². The Balaban J connectivity index is 2.09. The van der Waals surface area contributed by atoms with E-state index < -0.39 is 0 Å². The predicted octanol–water partition coefficient (Wildman–Crippen LogP) is 1.06. The van der Waals surface area contributed by atoms with Crippen molar-refractivity contribution in [3.63, 3.8) is 0 Å². The van der Waals surface area contributed by atoms with E-state index in [0.29, 0.717) is 5.82 Å². The Bertz CT molecular complexity index is 623. The lowest BCUT2D eigenvalue weighted by Crippen LogP contribution is -2.43. The van der Waals surface area contributed by atoms with Crippen molar-refractivity contribution in [3.05, 3.63) is 17.6 Å². The number of hydrogen-bond donors (Lipinski definition) is 2. The molecule has 1 aromatic heterocycles. The molecule has 1 saturated heterocycles. The lowest BCUT2D eigenvalue weighted by molar-refractivity contribution is 0.268. The van der Waals surface area contributed by atoms with Gasteiger partial charge in [0.05, 0.1) is 12.1 Å². The molecule has 23 heavy (non-hydrogen) atoms. The van der Waals surface area contributed by atoms with Gasteiger partial charge in [-0.3, -0.25) is 4.90 Å². The SMILES string of the molecule is CC(C)(C)CNc1nc(C#N)ncc1C#CCN1CCNCC1. The van der Waals surface area contributed by atoms with Crippen LogP contribution in [-0.2, 0) is 0 Å². The molecule has 6 nitrogen and oxygen atoms in total. The summed E-state index contributed by atoms with van der Waals surface area (Å²) in [5.41, 5.74) is 0.854. The number of aromatic nitrogens is 2. The maximum atomic E-state index is 8.98. The minimum Gasteiger partial charge on any atom is -0.368 e. The average Bonchev–Trinajstić information content (AvgIpc) is 2.54. The molecule has 2 heterocycles. The summed E-state index contributed by atoms with van der Waals surface area (Å²) in [7, 11) is 0. The van der Waals surface area contributed by atoms with Crippen molar-refractivity contribution in [2.45, 2.75) is 20.8 Å². The van der Waals surface area contributed by atoms with Crippen LogP contribution in [0, 0.1) is 28.6 Å². The molecule has 0 amide bonds. The van der Waals surface area contributed by atoms with Crippen molar-refractivity contribution >= 4 is 5.82 Å². The summed E-state index contributed by atoms with van der Waals surface area (Å²) in [4.78, 5) is 10.6. The number of hydrogen-bond acceptors (Lipinski definition) is 6. The van der Waals surface area contributed by atoms with Crippen LogP contribution < -0.4 is 10.6 Å². The summed E-state index contributed by atoms with van der Waals surface area (Å²) >= 11 is 0. The third-order valence-corrected chi connectivity index (χ3v) is 3.41. The van der Waals surface area contributed by atoms with Gasteiger partial charge in [0.25, 0.3) is 0 Å². The van der Waals surface area contributed by atoms with Gasteiger partial charge in [-0.2, -0.15) is 5.26 Å². The van der Waals surface area contributed by atoms with Crippen LogP contribution in [0.5, 0.6) is 0 Å². The lowest BCUT2D eigenvalue weighted by Gasteiger charge is -2.24. The van der Waals surface area contributed by atoms with Crippen LogP contribution in [0.2, 0.25) is 0 Å². The Morgan fingerprint density at radius 3 is 2.74 bits per heavy atom. The molecule has 1 aromatic rings. The number of nitrogens with zero attached hydrogens (tertiary/aromatic N) is 4. The van der Waals surface area contributed by atoms with E-state index in [2.05, 4.69) is 58.1 Å². The van der Waals surface area contributed by atoms with E-state index in [-0.39, 0.29) is 11.2 Å². The first-order valence-electron chi connectivity index (χ1n) is 7.91. The summed E-state index contributed by atoms with van der Waals surface area (Å²) in [6.45, 7) is 12.0. The molecule has 1 aliphatic rings. The summed E-state index contributed by atoms with van der Waals surface area (Å²) in [6.07, 6.45) is 1.63. The predicted molar refractivity (Wildman–Crippen MR) is 90.9 cm³/mol. The van der Waals surface area contributed by atoms with Gasteiger partial charge in [-0.25, -0.2) is 9.97 Å². The van der Waals surface area contributed by atoms with Gasteiger partial charge in [0.2, 0.25) is 5.82 Å². The molecular formula is C17H24N6. The van der Waals surface area contributed by atoms with Crippen LogP contribution in [0.4, 0.5) is 5.82 Å². The van der Waals surface area contributed by atoms with Crippen LogP contribution in [0.1, 0.15) is 32.2 Å². The number of piperazine rings is 1. The molecule has 2 rings (SSSR count). The summed E-state index contributed by atoms with van der Waals surface area (Å²) in [5.74, 6) is 7.13. The molecule has 1 aliphatic heterocycles. The Morgan fingerprint density at radius 1 is 1.35 bits per heavy atom. The largest absolute Gasteiger partial charge is 0.368 e. The van der Waals surface area contributed by atoms with Crippen molar-refractivity contribution in [1.82, 2.24) is 20.2 Å². The van der Waals surface area contributed by atoms with Crippen LogP contribution in [0.15, 0.2) is 6.20 Å². The van der Waals surface area contributed by atoms with E-state index in [0.717, 1.165) is 44.8 Å². The van der Waals surface area contributed by atoms with Gasteiger partial charge in [-0.1, -0.05) is 32.6 Å². The smallest absolute Gasteiger partial charge is 0.234 e. The van der Waals surface area contributed by atoms with E-state index in [1.165, 1.54) is 0 Å². The van der Waals surface area contributed by atoms with Gasteiger partial charge in [0, 0.05) is 38.9 Å².